The van der Waals surface area contributed by atoms with Crippen LogP contribution in [-0.4, -0.2) is 52.8 Å². The van der Waals surface area contributed by atoms with E-state index in [1.807, 2.05) is 0 Å². The minimum atomic E-state index is -1.26. The molecule has 0 aromatic heterocycles. The summed E-state index contributed by atoms with van der Waals surface area (Å²) in [6, 6.07) is 9.43. The molecule has 0 amide bonds. The van der Waals surface area contributed by atoms with Gasteiger partial charge in [0.25, 0.3) is 0 Å². The summed E-state index contributed by atoms with van der Waals surface area (Å²) < 4.78 is 6.08. The molecule has 2 N–H and O–H groups in total. The zero-order valence-corrected chi connectivity index (χ0v) is 14.4. The number of morpholine rings is 1. The van der Waals surface area contributed by atoms with E-state index in [0.29, 0.717) is 24.3 Å². The molecule has 0 saturated carbocycles. The van der Waals surface area contributed by atoms with Crippen LogP contribution in [0.2, 0.25) is 0 Å². The second kappa shape index (κ2) is 9.34. The Kier molecular flexibility index (Phi) is 7.16. The average Bonchev–Trinajstić information content (AvgIpc) is 2.80. The first kappa shape index (κ1) is 19.1. The molecule has 1 aliphatic heterocycles. The highest BCUT2D eigenvalue weighted by Gasteiger charge is 2.34. The first-order valence-corrected chi connectivity index (χ1v) is 8.60. The lowest BCUT2D eigenvalue weighted by Gasteiger charge is -2.40. The van der Waals surface area contributed by atoms with Crippen LogP contribution >= 0.6 is 0 Å². The van der Waals surface area contributed by atoms with Crippen molar-refractivity contribution in [2.45, 2.75) is 38.3 Å². The molecule has 1 saturated heterocycles. The molecule has 1 heterocycles. The van der Waals surface area contributed by atoms with E-state index in [1.54, 1.807) is 0 Å². The third-order valence-corrected chi connectivity index (χ3v) is 4.58. The Morgan fingerprint density at radius 3 is 2.56 bits per heavy atom. The van der Waals surface area contributed by atoms with Gasteiger partial charge in [-0.15, -0.1) is 0 Å². The molecule has 3 rings (SSSR count). The van der Waals surface area contributed by atoms with E-state index in [0.717, 1.165) is 19.7 Å². The van der Waals surface area contributed by atoms with E-state index in [4.69, 9.17) is 14.9 Å². The second-order valence-electron chi connectivity index (χ2n) is 6.09. The number of fused-ring (bicyclic) bond motifs is 3. The van der Waals surface area contributed by atoms with Crippen molar-refractivity contribution in [3.05, 3.63) is 47.5 Å². The summed E-state index contributed by atoms with van der Waals surface area (Å²) >= 11 is 0. The summed E-state index contributed by atoms with van der Waals surface area (Å²) in [7, 11) is 0. The zero-order chi connectivity index (χ0) is 18.2. The van der Waals surface area contributed by atoms with Crippen LogP contribution in [0.3, 0.4) is 0 Å². The molecule has 1 fully saturated rings. The molecule has 25 heavy (non-hydrogen) atoms. The minimum absolute atomic E-state index is 0.308. The van der Waals surface area contributed by atoms with Gasteiger partial charge in [-0.3, -0.25) is 4.90 Å². The SMILES string of the molecule is CCN1CCO[C@H]2c3ccccc3CCC[C@@H]21.O=C(O)C=CC(=O)O. The van der Waals surface area contributed by atoms with Crippen molar-refractivity contribution >= 4 is 11.9 Å². The van der Waals surface area contributed by atoms with Gasteiger partial charge < -0.3 is 14.9 Å². The lowest BCUT2D eigenvalue weighted by atomic mass is 9.96. The molecule has 6 heteroatoms. The summed E-state index contributed by atoms with van der Waals surface area (Å²) in [5.41, 5.74) is 2.94. The first-order valence-electron chi connectivity index (χ1n) is 8.60. The summed E-state index contributed by atoms with van der Waals surface area (Å²) in [4.78, 5) is 21.7. The van der Waals surface area contributed by atoms with E-state index < -0.39 is 11.9 Å². The summed E-state index contributed by atoms with van der Waals surface area (Å²) in [5.74, 6) is -2.51. The van der Waals surface area contributed by atoms with Crippen molar-refractivity contribution in [1.82, 2.24) is 4.90 Å². The number of likely N-dealkylation sites (N-methyl/N-ethyl adjacent to an activating group) is 1. The van der Waals surface area contributed by atoms with Crippen LogP contribution in [0.5, 0.6) is 0 Å². The van der Waals surface area contributed by atoms with Crippen LogP contribution in [0, 0.1) is 0 Å². The second-order valence-corrected chi connectivity index (χ2v) is 6.09. The Morgan fingerprint density at radius 2 is 1.92 bits per heavy atom. The lowest BCUT2D eigenvalue weighted by molar-refractivity contribution is -0.134. The molecule has 1 aromatic carbocycles. The van der Waals surface area contributed by atoms with Crippen LogP contribution in [0.15, 0.2) is 36.4 Å². The fraction of sp³-hybridized carbons (Fsp3) is 0.474. The molecule has 136 valence electrons. The molecule has 0 bridgehead atoms. The fourth-order valence-corrected chi connectivity index (χ4v) is 3.47. The highest BCUT2D eigenvalue weighted by molar-refractivity contribution is 5.89. The topological polar surface area (TPSA) is 87.1 Å². The normalized spacial score (nSPS) is 22.9. The van der Waals surface area contributed by atoms with Gasteiger partial charge in [0.05, 0.1) is 12.7 Å². The standard InChI is InChI=1S/C15H21NO.C4H4O4/c1-2-16-10-11-17-15-13-8-4-3-6-12(13)7-5-9-14(15)16;5-3(6)1-2-4(7)8/h3-4,6,8,14-15H,2,5,7,9-11H2,1H3;1-2H,(H,5,6)(H,7,8)/t14-,15-;/m0./s1. The van der Waals surface area contributed by atoms with Crippen molar-refractivity contribution < 1.29 is 24.5 Å². The van der Waals surface area contributed by atoms with Crippen molar-refractivity contribution in [2.24, 2.45) is 0 Å². The van der Waals surface area contributed by atoms with Gasteiger partial charge in [0.15, 0.2) is 0 Å². The highest BCUT2D eigenvalue weighted by Crippen LogP contribution is 2.36. The number of hydrogen-bond acceptors (Lipinski definition) is 4. The number of aliphatic carboxylic acids is 2. The number of carboxylic acid groups (broad SMARTS) is 2. The number of rotatable bonds is 3. The van der Waals surface area contributed by atoms with Crippen LogP contribution in [0.25, 0.3) is 0 Å². The molecule has 0 unspecified atom stereocenters. The van der Waals surface area contributed by atoms with Crippen LogP contribution in [0.4, 0.5) is 0 Å². The van der Waals surface area contributed by atoms with E-state index >= 15 is 0 Å². The smallest absolute Gasteiger partial charge is 0.328 e. The van der Waals surface area contributed by atoms with E-state index in [9.17, 15) is 9.59 Å². The van der Waals surface area contributed by atoms with Gasteiger partial charge in [0.2, 0.25) is 0 Å². The third kappa shape index (κ3) is 5.41. The summed E-state index contributed by atoms with van der Waals surface area (Å²) in [5, 5.41) is 15.6. The average molecular weight is 347 g/mol. The van der Waals surface area contributed by atoms with Gasteiger partial charge in [-0.05, 0) is 36.9 Å². The van der Waals surface area contributed by atoms with E-state index in [2.05, 4.69) is 36.1 Å². The predicted octanol–water partition coefficient (Wildman–Crippen LogP) is 2.50. The van der Waals surface area contributed by atoms with Gasteiger partial charge in [-0.1, -0.05) is 31.2 Å². The van der Waals surface area contributed by atoms with Crippen molar-refractivity contribution in [1.29, 1.82) is 0 Å². The maximum Gasteiger partial charge on any atom is 0.328 e. The first-order chi connectivity index (χ1) is 12.0. The molecule has 2 atom stereocenters. The maximum atomic E-state index is 9.55. The Balaban J connectivity index is 0.000000242. The largest absolute Gasteiger partial charge is 0.478 e. The molecular weight excluding hydrogens is 322 g/mol. The molecule has 6 nitrogen and oxygen atoms in total. The zero-order valence-electron chi connectivity index (χ0n) is 14.4. The van der Waals surface area contributed by atoms with Crippen molar-refractivity contribution in [3.8, 4) is 0 Å². The van der Waals surface area contributed by atoms with Gasteiger partial charge in [-0.25, -0.2) is 9.59 Å². The van der Waals surface area contributed by atoms with Crippen LogP contribution in [0.1, 0.15) is 37.0 Å². The van der Waals surface area contributed by atoms with Crippen LogP contribution in [-0.2, 0) is 20.7 Å². The molecular formula is C19H25NO5. The third-order valence-electron chi connectivity index (χ3n) is 4.58. The highest BCUT2D eigenvalue weighted by atomic mass is 16.5. The quantitative estimate of drug-likeness (QED) is 0.817. The van der Waals surface area contributed by atoms with Crippen molar-refractivity contribution in [3.63, 3.8) is 0 Å². The molecule has 1 aromatic rings. The number of carboxylic acids is 2. The maximum absolute atomic E-state index is 9.55. The number of benzene rings is 1. The lowest BCUT2D eigenvalue weighted by Crippen LogP contribution is -2.46. The Labute approximate surface area is 147 Å². The molecule has 0 radical (unpaired) electrons. The molecule has 0 spiro atoms. The molecule has 1 aliphatic carbocycles. The Bertz CT molecular complexity index is 612. The Hall–Kier alpha value is -2.18. The van der Waals surface area contributed by atoms with Gasteiger partial charge in [0.1, 0.15) is 0 Å². The number of aryl methyl sites for hydroxylation is 1. The monoisotopic (exact) mass is 347 g/mol. The van der Waals surface area contributed by atoms with E-state index in [1.165, 1.54) is 30.4 Å². The number of nitrogens with zero attached hydrogens (tertiary/aromatic N) is 1. The molecule has 2 aliphatic rings. The van der Waals surface area contributed by atoms with Gasteiger partial charge in [-0.2, -0.15) is 0 Å². The minimum Gasteiger partial charge on any atom is -0.478 e. The van der Waals surface area contributed by atoms with Gasteiger partial charge in [0, 0.05) is 24.7 Å². The summed E-state index contributed by atoms with van der Waals surface area (Å²) in [6.45, 7) is 5.38. The summed E-state index contributed by atoms with van der Waals surface area (Å²) in [6.07, 6.45) is 5.20. The van der Waals surface area contributed by atoms with E-state index in [-0.39, 0.29) is 0 Å². The van der Waals surface area contributed by atoms with Gasteiger partial charge >= 0.3 is 11.9 Å². The number of carbonyl (C=O) groups is 2. The van der Waals surface area contributed by atoms with Crippen LogP contribution < -0.4 is 0 Å². The fourth-order valence-electron chi connectivity index (χ4n) is 3.47. The predicted molar refractivity (Wildman–Crippen MR) is 93.5 cm³/mol. The van der Waals surface area contributed by atoms with Crippen molar-refractivity contribution in [2.75, 3.05) is 19.7 Å². The number of hydrogen-bond donors (Lipinski definition) is 2. The number of ether oxygens (including phenoxy) is 1. The Morgan fingerprint density at radius 1 is 1.24 bits per heavy atom.